The van der Waals surface area contributed by atoms with Crippen LogP contribution in [0.15, 0.2) is 12.7 Å². The fraction of sp³-hybridized carbons (Fsp3) is 0.700. The average Bonchev–Trinajstić information content (AvgIpc) is 2.25. The van der Waals surface area contributed by atoms with Crippen molar-refractivity contribution in [3.8, 4) is 0 Å². The molecule has 0 fully saturated rings. The number of carbonyl (C=O) groups is 1. The zero-order valence-corrected chi connectivity index (χ0v) is 11.4. The Kier molecular flexibility index (Phi) is 6.47. The zero-order chi connectivity index (χ0) is 14.4. The van der Waals surface area contributed by atoms with Crippen molar-refractivity contribution in [2.75, 3.05) is 6.61 Å². The van der Waals surface area contributed by atoms with Gasteiger partial charge in [0.2, 0.25) is 0 Å². The van der Waals surface area contributed by atoms with Crippen LogP contribution in [0.1, 0.15) is 27.2 Å². The van der Waals surface area contributed by atoms with Crippen molar-refractivity contribution < 1.29 is 31.7 Å². The number of hydrogen-bond donors (Lipinski definition) is 1. The summed E-state index contributed by atoms with van der Waals surface area (Å²) < 4.78 is 37.8. The van der Waals surface area contributed by atoms with E-state index in [-0.39, 0.29) is 12.5 Å². The van der Waals surface area contributed by atoms with Gasteiger partial charge in [-0.2, -0.15) is 8.42 Å². The third kappa shape index (κ3) is 7.38. The Morgan fingerprint density at radius 1 is 1.50 bits per heavy atom. The molecular weight excluding hydrogens is 264 g/mol. The second kappa shape index (κ2) is 6.83. The molecule has 1 N–H and O–H groups in total. The van der Waals surface area contributed by atoms with E-state index in [0.717, 1.165) is 6.08 Å². The fourth-order valence-corrected chi connectivity index (χ4v) is 1.22. The highest BCUT2D eigenvalue weighted by molar-refractivity contribution is 7.80. The van der Waals surface area contributed by atoms with Crippen molar-refractivity contribution in [1.29, 1.82) is 0 Å². The molecule has 0 amide bonds. The second-order valence-corrected chi connectivity index (χ2v) is 5.24. The molecule has 0 aromatic rings. The molecule has 106 valence electrons. The molecule has 0 aromatic heterocycles. The molecule has 0 rings (SSSR count). The Balaban J connectivity index is 4.17. The predicted molar refractivity (Wildman–Crippen MR) is 62.7 cm³/mol. The lowest BCUT2D eigenvalue weighted by Gasteiger charge is -2.29. The summed E-state index contributed by atoms with van der Waals surface area (Å²) >= 11 is 0. The maximum absolute atomic E-state index is 10.8. The molecule has 0 saturated heterocycles. The van der Waals surface area contributed by atoms with Gasteiger partial charge in [-0.3, -0.25) is 4.55 Å². The van der Waals surface area contributed by atoms with E-state index in [0.29, 0.717) is 6.42 Å². The number of carbonyl (C=O) groups excluding carboxylic acids is 1. The Hall–Kier alpha value is -0.960. The summed E-state index contributed by atoms with van der Waals surface area (Å²) in [5.74, 6) is -0.716. The summed E-state index contributed by atoms with van der Waals surface area (Å²) in [5.41, 5.74) is -0.976. The highest BCUT2D eigenvalue weighted by atomic mass is 32.3. The van der Waals surface area contributed by atoms with Crippen molar-refractivity contribution >= 4 is 16.4 Å². The number of ether oxygens (including phenoxy) is 1. The van der Waals surface area contributed by atoms with E-state index in [1.54, 1.807) is 20.8 Å². The third-order valence-corrected chi connectivity index (χ3v) is 2.72. The van der Waals surface area contributed by atoms with Crippen LogP contribution in [0.25, 0.3) is 0 Å². The first kappa shape index (κ1) is 17.0. The van der Waals surface area contributed by atoms with Gasteiger partial charge in [0.1, 0.15) is 5.60 Å². The Labute approximate surface area is 107 Å². The minimum Gasteiger partial charge on any atom is -0.463 e. The van der Waals surface area contributed by atoms with E-state index >= 15 is 0 Å². The van der Waals surface area contributed by atoms with Gasteiger partial charge in [0, 0.05) is 6.08 Å². The molecule has 1 unspecified atom stereocenters. The molecule has 0 aliphatic heterocycles. The molecule has 0 heterocycles. The minimum atomic E-state index is -4.65. The van der Waals surface area contributed by atoms with Gasteiger partial charge >= 0.3 is 16.4 Å². The van der Waals surface area contributed by atoms with Crippen molar-refractivity contribution in [2.45, 2.75) is 32.8 Å². The molecule has 0 spiro atoms. The summed E-state index contributed by atoms with van der Waals surface area (Å²) in [6.45, 7) is 8.32. The first-order chi connectivity index (χ1) is 8.08. The lowest BCUT2D eigenvalue weighted by Crippen LogP contribution is -2.34. The van der Waals surface area contributed by atoms with Crippen LogP contribution in [0, 0.1) is 5.92 Å². The maximum atomic E-state index is 10.8. The van der Waals surface area contributed by atoms with Gasteiger partial charge in [0.15, 0.2) is 0 Å². The van der Waals surface area contributed by atoms with Crippen LogP contribution < -0.4 is 0 Å². The highest BCUT2D eigenvalue weighted by Gasteiger charge is 2.30. The second-order valence-electron chi connectivity index (χ2n) is 4.24. The van der Waals surface area contributed by atoms with E-state index in [9.17, 15) is 13.2 Å². The van der Waals surface area contributed by atoms with Crippen LogP contribution >= 0.6 is 0 Å². The zero-order valence-electron chi connectivity index (χ0n) is 10.6. The standard InChI is InChI=1S/C10H18O7S/c1-5-9(11)15-7-6-8(2)10(3,4)16-17-18(12,13)14/h5,8H,1,6-7H2,2-4H3,(H,12,13,14). The first-order valence-corrected chi connectivity index (χ1v) is 6.59. The SMILES string of the molecule is C=CC(=O)OCCC(C)C(C)(C)OOS(=O)(=O)O. The number of rotatable bonds is 8. The smallest absolute Gasteiger partial charge is 0.424 e. The lowest BCUT2D eigenvalue weighted by atomic mass is 9.90. The van der Waals surface area contributed by atoms with E-state index in [2.05, 4.69) is 15.8 Å². The molecule has 0 radical (unpaired) electrons. The van der Waals surface area contributed by atoms with Crippen LogP contribution in [-0.2, 0) is 29.2 Å². The van der Waals surface area contributed by atoms with Crippen molar-refractivity contribution in [3.63, 3.8) is 0 Å². The summed E-state index contributed by atoms with van der Waals surface area (Å²) in [7, 11) is -4.65. The van der Waals surface area contributed by atoms with E-state index in [1.807, 2.05) is 0 Å². The molecule has 8 heteroatoms. The van der Waals surface area contributed by atoms with Crippen molar-refractivity contribution in [1.82, 2.24) is 0 Å². The van der Waals surface area contributed by atoms with Gasteiger partial charge in [-0.15, -0.1) is 0 Å². The van der Waals surface area contributed by atoms with E-state index in [4.69, 9.17) is 9.29 Å². The van der Waals surface area contributed by atoms with Crippen LogP contribution in [0.3, 0.4) is 0 Å². The van der Waals surface area contributed by atoms with Crippen molar-refractivity contribution in [2.24, 2.45) is 5.92 Å². The normalized spacial score (nSPS) is 14.0. The van der Waals surface area contributed by atoms with Crippen LogP contribution in [0.5, 0.6) is 0 Å². The molecular formula is C10H18O7S. The van der Waals surface area contributed by atoms with Crippen LogP contribution in [0.4, 0.5) is 0 Å². The largest absolute Gasteiger partial charge is 0.463 e. The van der Waals surface area contributed by atoms with E-state index in [1.165, 1.54) is 0 Å². The predicted octanol–water partition coefficient (Wildman–Crippen LogP) is 1.27. The Morgan fingerprint density at radius 2 is 2.06 bits per heavy atom. The molecule has 0 aliphatic carbocycles. The van der Waals surface area contributed by atoms with Gasteiger partial charge in [0.05, 0.1) is 6.61 Å². The van der Waals surface area contributed by atoms with Gasteiger partial charge in [0.25, 0.3) is 0 Å². The summed E-state index contributed by atoms with van der Waals surface area (Å²) in [6.07, 6.45) is 1.48. The fourth-order valence-electron chi connectivity index (χ4n) is 0.956. The highest BCUT2D eigenvalue weighted by Crippen LogP contribution is 2.24. The molecule has 0 saturated carbocycles. The summed E-state index contributed by atoms with van der Waals surface area (Å²) in [6, 6.07) is 0. The van der Waals surface area contributed by atoms with Crippen molar-refractivity contribution in [3.05, 3.63) is 12.7 Å². The molecule has 0 aromatic carbocycles. The Morgan fingerprint density at radius 3 is 2.50 bits per heavy atom. The number of esters is 1. The molecule has 0 bridgehead atoms. The summed E-state index contributed by atoms with van der Waals surface area (Å²) in [5, 5.41) is 0. The maximum Gasteiger partial charge on any atom is 0.424 e. The van der Waals surface area contributed by atoms with Gasteiger partial charge in [-0.05, 0) is 26.2 Å². The lowest BCUT2D eigenvalue weighted by molar-refractivity contribution is -0.296. The quantitative estimate of drug-likeness (QED) is 0.235. The minimum absolute atomic E-state index is 0.144. The molecule has 18 heavy (non-hydrogen) atoms. The molecule has 1 atom stereocenters. The average molecular weight is 282 g/mol. The monoisotopic (exact) mass is 282 g/mol. The topological polar surface area (TPSA) is 99.1 Å². The Bertz CT molecular complexity index is 385. The van der Waals surface area contributed by atoms with Crippen LogP contribution in [0.2, 0.25) is 0 Å². The van der Waals surface area contributed by atoms with Gasteiger partial charge < -0.3 is 4.74 Å². The van der Waals surface area contributed by atoms with Crippen LogP contribution in [-0.4, -0.2) is 31.1 Å². The van der Waals surface area contributed by atoms with Gasteiger partial charge in [-0.25, -0.2) is 9.68 Å². The van der Waals surface area contributed by atoms with E-state index < -0.39 is 22.0 Å². The third-order valence-electron chi connectivity index (χ3n) is 2.48. The first-order valence-electron chi connectivity index (χ1n) is 5.22. The molecule has 7 nitrogen and oxygen atoms in total. The summed E-state index contributed by atoms with van der Waals surface area (Å²) in [4.78, 5) is 15.4. The number of hydrogen-bond acceptors (Lipinski definition) is 6. The molecule has 0 aliphatic rings. The van der Waals surface area contributed by atoms with Gasteiger partial charge in [-0.1, -0.05) is 17.8 Å².